The lowest BCUT2D eigenvalue weighted by molar-refractivity contribution is 0.293. The third kappa shape index (κ3) is 3.46. The summed E-state index contributed by atoms with van der Waals surface area (Å²) < 4.78 is 0. The highest BCUT2D eigenvalue weighted by Gasteiger charge is 1.90. The van der Waals surface area contributed by atoms with E-state index in [1.54, 1.807) is 12.4 Å². The maximum absolute atomic E-state index is 8.49. The van der Waals surface area contributed by atoms with Gasteiger partial charge in [-0.15, -0.1) is 0 Å². The lowest BCUT2D eigenvalue weighted by Crippen LogP contribution is -2.20. The number of hydrogen-bond acceptors (Lipinski definition) is 3. The molecule has 0 saturated carbocycles. The van der Waals surface area contributed by atoms with Gasteiger partial charge in [-0.05, 0) is 30.7 Å². The van der Waals surface area contributed by atoms with Gasteiger partial charge < -0.3 is 10.4 Å². The van der Waals surface area contributed by atoms with E-state index in [0.29, 0.717) is 6.54 Å². The normalized spacial score (nSPS) is 10.1. The van der Waals surface area contributed by atoms with Crippen LogP contribution in [0.15, 0.2) is 24.5 Å². The first kappa shape index (κ1) is 9.16. The summed E-state index contributed by atoms with van der Waals surface area (Å²) in [5, 5.41) is 11.6. The van der Waals surface area contributed by atoms with Gasteiger partial charge in [0.15, 0.2) is 0 Å². The van der Waals surface area contributed by atoms with Crippen molar-refractivity contribution in [2.75, 3.05) is 19.7 Å². The van der Waals surface area contributed by atoms with E-state index in [2.05, 4.69) is 10.3 Å². The number of rotatable bonds is 5. The lowest BCUT2D eigenvalue weighted by atomic mass is 10.2. The topological polar surface area (TPSA) is 45.1 Å². The van der Waals surface area contributed by atoms with E-state index < -0.39 is 0 Å². The SMILES string of the molecule is OCCNCCc1ccncc1. The predicted molar refractivity (Wildman–Crippen MR) is 47.9 cm³/mol. The number of nitrogens with one attached hydrogen (secondary N) is 1. The van der Waals surface area contributed by atoms with E-state index in [9.17, 15) is 0 Å². The molecule has 0 unspecified atom stereocenters. The standard InChI is InChI=1S/C9H14N2O/c12-8-7-11-6-3-9-1-4-10-5-2-9/h1-2,4-5,11-12H,3,6-8H2. The van der Waals surface area contributed by atoms with Crippen LogP contribution in [0.3, 0.4) is 0 Å². The number of pyridine rings is 1. The van der Waals surface area contributed by atoms with E-state index in [1.807, 2.05) is 12.1 Å². The van der Waals surface area contributed by atoms with E-state index in [1.165, 1.54) is 5.56 Å². The second-order valence-corrected chi connectivity index (χ2v) is 2.58. The van der Waals surface area contributed by atoms with Crippen LogP contribution in [-0.4, -0.2) is 29.8 Å². The van der Waals surface area contributed by atoms with E-state index in [-0.39, 0.29) is 6.61 Å². The van der Waals surface area contributed by atoms with Crippen LogP contribution in [0.25, 0.3) is 0 Å². The quantitative estimate of drug-likeness (QED) is 0.614. The van der Waals surface area contributed by atoms with Crippen molar-refractivity contribution in [1.82, 2.24) is 10.3 Å². The fourth-order valence-electron chi connectivity index (χ4n) is 0.986. The fraction of sp³-hybridized carbons (Fsp3) is 0.444. The molecule has 3 nitrogen and oxygen atoms in total. The number of nitrogens with zero attached hydrogens (tertiary/aromatic N) is 1. The molecule has 2 N–H and O–H groups in total. The van der Waals surface area contributed by atoms with Crippen molar-refractivity contribution in [1.29, 1.82) is 0 Å². The predicted octanol–water partition coefficient (Wildman–Crippen LogP) is 0.206. The van der Waals surface area contributed by atoms with Crippen molar-refractivity contribution in [3.05, 3.63) is 30.1 Å². The van der Waals surface area contributed by atoms with Crippen molar-refractivity contribution in [3.8, 4) is 0 Å². The molecule has 0 radical (unpaired) electrons. The molecule has 1 aromatic rings. The van der Waals surface area contributed by atoms with Gasteiger partial charge >= 0.3 is 0 Å². The molecule has 3 heteroatoms. The number of aromatic nitrogens is 1. The Morgan fingerprint density at radius 3 is 2.67 bits per heavy atom. The van der Waals surface area contributed by atoms with Crippen LogP contribution in [-0.2, 0) is 6.42 Å². The average molecular weight is 166 g/mol. The molecule has 0 aliphatic rings. The highest BCUT2D eigenvalue weighted by molar-refractivity contribution is 5.09. The van der Waals surface area contributed by atoms with Crippen LogP contribution in [0.4, 0.5) is 0 Å². The summed E-state index contributed by atoms with van der Waals surface area (Å²) in [6.07, 6.45) is 4.57. The first-order valence-electron chi connectivity index (χ1n) is 4.14. The van der Waals surface area contributed by atoms with Crippen LogP contribution in [0, 0.1) is 0 Å². The summed E-state index contributed by atoms with van der Waals surface area (Å²) in [7, 11) is 0. The Labute approximate surface area is 72.5 Å². The number of aliphatic hydroxyl groups is 1. The lowest BCUT2D eigenvalue weighted by Gasteiger charge is -2.01. The summed E-state index contributed by atoms with van der Waals surface area (Å²) in [4.78, 5) is 3.93. The average Bonchev–Trinajstić information content (AvgIpc) is 2.14. The first-order valence-corrected chi connectivity index (χ1v) is 4.14. The second kappa shape index (κ2) is 5.69. The fourth-order valence-corrected chi connectivity index (χ4v) is 0.986. The highest BCUT2D eigenvalue weighted by atomic mass is 16.3. The summed E-state index contributed by atoms with van der Waals surface area (Å²) >= 11 is 0. The molecule has 0 fully saturated rings. The van der Waals surface area contributed by atoms with Crippen molar-refractivity contribution < 1.29 is 5.11 Å². The minimum Gasteiger partial charge on any atom is -0.395 e. The molecule has 0 amide bonds. The Balaban J connectivity index is 2.16. The van der Waals surface area contributed by atoms with Gasteiger partial charge in [-0.2, -0.15) is 0 Å². The Bertz CT molecular complexity index is 201. The molecule has 0 bridgehead atoms. The molecule has 1 heterocycles. The van der Waals surface area contributed by atoms with Gasteiger partial charge in [0, 0.05) is 18.9 Å². The summed E-state index contributed by atoms with van der Waals surface area (Å²) in [5.41, 5.74) is 1.27. The summed E-state index contributed by atoms with van der Waals surface area (Å²) in [5.74, 6) is 0. The molecular weight excluding hydrogens is 152 g/mol. The Morgan fingerprint density at radius 2 is 2.00 bits per heavy atom. The van der Waals surface area contributed by atoms with Gasteiger partial charge in [-0.1, -0.05) is 0 Å². The molecule has 0 aromatic carbocycles. The minimum atomic E-state index is 0.205. The van der Waals surface area contributed by atoms with E-state index >= 15 is 0 Å². The first-order chi connectivity index (χ1) is 5.93. The zero-order valence-electron chi connectivity index (χ0n) is 7.03. The van der Waals surface area contributed by atoms with Crippen molar-refractivity contribution in [2.24, 2.45) is 0 Å². The van der Waals surface area contributed by atoms with Gasteiger partial charge in [0.05, 0.1) is 6.61 Å². The molecule has 66 valence electrons. The van der Waals surface area contributed by atoms with Crippen LogP contribution in [0.5, 0.6) is 0 Å². The number of hydrogen-bond donors (Lipinski definition) is 2. The van der Waals surface area contributed by atoms with Crippen LogP contribution < -0.4 is 5.32 Å². The van der Waals surface area contributed by atoms with Gasteiger partial charge in [-0.25, -0.2) is 0 Å². The van der Waals surface area contributed by atoms with Gasteiger partial charge in [0.25, 0.3) is 0 Å². The van der Waals surface area contributed by atoms with Crippen LogP contribution >= 0.6 is 0 Å². The molecule has 0 spiro atoms. The molecule has 0 aliphatic heterocycles. The highest BCUT2D eigenvalue weighted by Crippen LogP contribution is 1.95. The molecule has 0 atom stereocenters. The molecule has 12 heavy (non-hydrogen) atoms. The van der Waals surface area contributed by atoms with Gasteiger partial charge in [0.1, 0.15) is 0 Å². The Morgan fingerprint density at radius 1 is 1.25 bits per heavy atom. The summed E-state index contributed by atoms with van der Waals surface area (Å²) in [6.45, 7) is 1.78. The zero-order valence-corrected chi connectivity index (χ0v) is 7.03. The smallest absolute Gasteiger partial charge is 0.0555 e. The summed E-state index contributed by atoms with van der Waals surface area (Å²) in [6, 6.07) is 4.00. The minimum absolute atomic E-state index is 0.205. The van der Waals surface area contributed by atoms with Crippen molar-refractivity contribution >= 4 is 0 Å². The van der Waals surface area contributed by atoms with Gasteiger partial charge in [0.2, 0.25) is 0 Å². The molecule has 1 rings (SSSR count). The second-order valence-electron chi connectivity index (χ2n) is 2.58. The molecular formula is C9H14N2O. The maximum Gasteiger partial charge on any atom is 0.0555 e. The molecule has 0 aliphatic carbocycles. The third-order valence-electron chi connectivity index (χ3n) is 1.63. The Kier molecular flexibility index (Phi) is 4.34. The number of aliphatic hydroxyl groups excluding tert-OH is 1. The Hall–Kier alpha value is -0.930. The van der Waals surface area contributed by atoms with Gasteiger partial charge in [-0.3, -0.25) is 4.98 Å². The van der Waals surface area contributed by atoms with Crippen molar-refractivity contribution in [2.45, 2.75) is 6.42 Å². The third-order valence-corrected chi connectivity index (χ3v) is 1.63. The van der Waals surface area contributed by atoms with Crippen LogP contribution in [0.1, 0.15) is 5.56 Å². The zero-order chi connectivity index (χ0) is 8.65. The monoisotopic (exact) mass is 166 g/mol. The maximum atomic E-state index is 8.49. The van der Waals surface area contributed by atoms with Crippen molar-refractivity contribution in [3.63, 3.8) is 0 Å². The van der Waals surface area contributed by atoms with E-state index in [4.69, 9.17) is 5.11 Å². The molecule has 0 saturated heterocycles. The largest absolute Gasteiger partial charge is 0.395 e. The molecule has 1 aromatic heterocycles. The van der Waals surface area contributed by atoms with E-state index in [0.717, 1.165) is 13.0 Å². The van der Waals surface area contributed by atoms with Crippen LogP contribution in [0.2, 0.25) is 0 Å².